The van der Waals surface area contributed by atoms with Gasteiger partial charge < -0.3 is 9.88 Å². The Hall–Kier alpha value is -2.21. The summed E-state index contributed by atoms with van der Waals surface area (Å²) in [5.41, 5.74) is 5.33. The Bertz CT molecular complexity index is 894. The van der Waals surface area contributed by atoms with Crippen LogP contribution in [-0.4, -0.2) is 27.5 Å². The van der Waals surface area contributed by atoms with Gasteiger partial charge in [-0.15, -0.1) is 11.3 Å². The van der Waals surface area contributed by atoms with Crippen molar-refractivity contribution in [1.29, 1.82) is 0 Å². The predicted octanol–water partition coefficient (Wildman–Crippen LogP) is 3.39. The lowest BCUT2D eigenvalue weighted by Crippen LogP contribution is -2.17. The summed E-state index contributed by atoms with van der Waals surface area (Å²) < 4.78 is 2.12. The van der Waals surface area contributed by atoms with Gasteiger partial charge >= 0.3 is 0 Å². The Kier molecular flexibility index (Phi) is 3.93. The zero-order valence-electron chi connectivity index (χ0n) is 14.0. The minimum Gasteiger partial charge on any atom is -0.354 e. The fourth-order valence-electron chi connectivity index (χ4n) is 2.63. The molecule has 0 saturated carbocycles. The summed E-state index contributed by atoms with van der Waals surface area (Å²) in [6.45, 7) is 8.16. The van der Waals surface area contributed by atoms with Crippen LogP contribution >= 0.6 is 11.3 Å². The molecule has 5 nitrogen and oxygen atoms in total. The van der Waals surface area contributed by atoms with Crippen LogP contribution in [0.4, 0.5) is 0 Å². The molecule has 1 amide bonds. The lowest BCUT2D eigenvalue weighted by atomic mass is 10.1. The van der Waals surface area contributed by atoms with Crippen molar-refractivity contribution in [3.63, 3.8) is 0 Å². The first-order valence-electron chi connectivity index (χ1n) is 7.55. The molecular weight excluding hydrogens is 308 g/mol. The van der Waals surface area contributed by atoms with Crippen LogP contribution in [0.25, 0.3) is 11.0 Å². The molecule has 0 aliphatic carbocycles. The van der Waals surface area contributed by atoms with Gasteiger partial charge in [-0.2, -0.15) is 0 Å². The third-order valence-electron chi connectivity index (χ3n) is 4.21. The molecule has 0 fully saturated rings. The molecule has 3 aromatic rings. The quantitative estimate of drug-likeness (QED) is 0.802. The zero-order valence-corrected chi connectivity index (χ0v) is 14.8. The van der Waals surface area contributed by atoms with Gasteiger partial charge in [0.2, 0.25) is 0 Å². The molecule has 3 rings (SSSR count). The van der Waals surface area contributed by atoms with Crippen LogP contribution in [-0.2, 0) is 0 Å². The summed E-state index contributed by atoms with van der Waals surface area (Å²) >= 11 is 1.44. The molecule has 0 aliphatic heterocycles. The maximum absolute atomic E-state index is 11.9. The van der Waals surface area contributed by atoms with E-state index in [1.807, 2.05) is 13.3 Å². The van der Waals surface area contributed by atoms with E-state index < -0.39 is 0 Å². The van der Waals surface area contributed by atoms with Gasteiger partial charge in [0.1, 0.15) is 9.88 Å². The molecule has 2 heterocycles. The average molecular weight is 328 g/mol. The topological polar surface area (TPSA) is 59.8 Å². The maximum Gasteiger partial charge on any atom is 0.263 e. The molecule has 1 atom stereocenters. The van der Waals surface area contributed by atoms with E-state index in [2.05, 4.69) is 52.8 Å². The van der Waals surface area contributed by atoms with E-state index in [1.54, 1.807) is 7.05 Å². The van der Waals surface area contributed by atoms with Crippen molar-refractivity contribution in [2.75, 3.05) is 7.05 Å². The van der Waals surface area contributed by atoms with Gasteiger partial charge in [-0.25, -0.2) is 9.97 Å². The highest BCUT2D eigenvalue weighted by atomic mass is 32.1. The van der Waals surface area contributed by atoms with E-state index in [1.165, 1.54) is 22.5 Å². The van der Waals surface area contributed by atoms with Crippen LogP contribution in [0.1, 0.15) is 44.5 Å². The monoisotopic (exact) mass is 328 g/mol. The average Bonchev–Trinajstić information content (AvgIpc) is 3.10. The van der Waals surface area contributed by atoms with Gasteiger partial charge in [0, 0.05) is 7.05 Å². The van der Waals surface area contributed by atoms with Gasteiger partial charge in [-0.3, -0.25) is 4.79 Å². The summed E-state index contributed by atoms with van der Waals surface area (Å²) in [5, 5.41) is 3.58. The number of thiazole rings is 1. The molecule has 120 valence electrons. The largest absolute Gasteiger partial charge is 0.354 e. The Morgan fingerprint density at radius 1 is 1.26 bits per heavy atom. The van der Waals surface area contributed by atoms with Gasteiger partial charge in [0.15, 0.2) is 0 Å². The van der Waals surface area contributed by atoms with Crippen molar-refractivity contribution in [3.8, 4) is 0 Å². The van der Waals surface area contributed by atoms with E-state index in [4.69, 9.17) is 0 Å². The molecule has 0 spiro atoms. The molecule has 0 aliphatic rings. The maximum atomic E-state index is 11.9. The normalized spacial score (nSPS) is 12.6. The number of carbonyl (C=O) groups excluding carboxylic acids is 1. The Balaban J connectivity index is 2.05. The van der Waals surface area contributed by atoms with Crippen LogP contribution in [0, 0.1) is 20.8 Å². The van der Waals surface area contributed by atoms with Crippen molar-refractivity contribution < 1.29 is 4.79 Å². The van der Waals surface area contributed by atoms with Crippen molar-refractivity contribution in [2.45, 2.75) is 33.7 Å². The molecule has 2 aromatic heterocycles. The number of hydrogen-bond donors (Lipinski definition) is 1. The standard InChI is InChI=1S/C17H20N4OS/c1-9-6-13-14(7-10(9)2)21(8-19-13)12(4)17-20-11(3)15(23-17)16(22)18-5/h6-8,12H,1-5H3,(H,18,22)/t12-/m0/s1. The summed E-state index contributed by atoms with van der Waals surface area (Å²) in [6.07, 6.45) is 1.85. The van der Waals surface area contributed by atoms with Crippen molar-refractivity contribution in [3.05, 3.63) is 45.2 Å². The second kappa shape index (κ2) is 5.77. The fourth-order valence-corrected chi connectivity index (χ4v) is 3.69. The fraction of sp³-hybridized carbons (Fsp3) is 0.353. The minimum absolute atomic E-state index is 0.0317. The van der Waals surface area contributed by atoms with Crippen LogP contribution in [0.3, 0.4) is 0 Å². The SMILES string of the molecule is CNC(=O)c1sc([C@H](C)n2cnc3cc(C)c(C)cc32)nc1C. The summed E-state index contributed by atoms with van der Waals surface area (Å²) in [4.78, 5) is 21.7. The second-order valence-electron chi connectivity index (χ2n) is 5.80. The number of benzene rings is 1. The molecule has 1 aromatic carbocycles. The van der Waals surface area contributed by atoms with Crippen LogP contribution in [0.5, 0.6) is 0 Å². The Labute approximate surface area is 139 Å². The second-order valence-corrected chi connectivity index (χ2v) is 6.83. The first-order valence-corrected chi connectivity index (χ1v) is 8.37. The summed E-state index contributed by atoms with van der Waals surface area (Å²) in [7, 11) is 1.64. The summed E-state index contributed by atoms with van der Waals surface area (Å²) in [5.74, 6) is -0.0830. The third kappa shape index (κ3) is 2.63. The highest BCUT2D eigenvalue weighted by Gasteiger charge is 2.20. The first kappa shape index (κ1) is 15.7. The molecule has 23 heavy (non-hydrogen) atoms. The molecule has 6 heteroatoms. The molecule has 0 unspecified atom stereocenters. The summed E-state index contributed by atoms with van der Waals surface area (Å²) in [6, 6.07) is 4.30. The number of amides is 1. The predicted molar refractivity (Wildman–Crippen MR) is 93.3 cm³/mol. The lowest BCUT2D eigenvalue weighted by Gasteiger charge is -2.12. The zero-order chi connectivity index (χ0) is 16.7. The minimum atomic E-state index is -0.0830. The number of aromatic nitrogens is 3. The van der Waals surface area contributed by atoms with E-state index in [0.29, 0.717) is 4.88 Å². The van der Waals surface area contributed by atoms with Gasteiger partial charge in [-0.05, 0) is 51.0 Å². The van der Waals surface area contributed by atoms with Crippen molar-refractivity contribution in [2.24, 2.45) is 0 Å². The number of nitrogens with zero attached hydrogens (tertiary/aromatic N) is 3. The lowest BCUT2D eigenvalue weighted by molar-refractivity contribution is 0.0966. The van der Waals surface area contributed by atoms with Gasteiger partial charge in [-0.1, -0.05) is 0 Å². The van der Waals surface area contributed by atoms with Crippen molar-refractivity contribution in [1.82, 2.24) is 19.9 Å². The smallest absolute Gasteiger partial charge is 0.263 e. The van der Waals surface area contributed by atoms with Crippen molar-refractivity contribution >= 4 is 28.3 Å². The number of imidazole rings is 1. The molecule has 0 bridgehead atoms. The molecule has 0 saturated heterocycles. The number of carbonyl (C=O) groups is 1. The molecule has 0 radical (unpaired) electrons. The molecular formula is C17H20N4OS. The molecule has 1 N–H and O–H groups in total. The number of aryl methyl sites for hydroxylation is 3. The third-order valence-corrected chi connectivity index (χ3v) is 5.54. The van der Waals surface area contributed by atoms with Crippen LogP contribution < -0.4 is 5.32 Å². The van der Waals surface area contributed by atoms with E-state index in [-0.39, 0.29) is 11.9 Å². The van der Waals surface area contributed by atoms with Crippen LogP contribution in [0.2, 0.25) is 0 Å². The highest BCUT2D eigenvalue weighted by Crippen LogP contribution is 2.29. The van der Waals surface area contributed by atoms with Gasteiger partial charge in [0.05, 0.1) is 29.1 Å². The van der Waals surface area contributed by atoms with E-state index in [9.17, 15) is 4.79 Å². The number of fused-ring (bicyclic) bond motifs is 1. The number of rotatable bonds is 3. The first-order chi connectivity index (χ1) is 10.9. The Morgan fingerprint density at radius 2 is 1.96 bits per heavy atom. The number of nitrogens with one attached hydrogen (secondary N) is 1. The van der Waals surface area contributed by atoms with Crippen LogP contribution in [0.15, 0.2) is 18.5 Å². The Morgan fingerprint density at radius 3 is 2.65 bits per heavy atom. The number of hydrogen-bond acceptors (Lipinski definition) is 4. The van der Waals surface area contributed by atoms with E-state index in [0.717, 1.165) is 21.7 Å². The van der Waals surface area contributed by atoms with Gasteiger partial charge in [0.25, 0.3) is 5.91 Å². The highest BCUT2D eigenvalue weighted by molar-refractivity contribution is 7.13. The van der Waals surface area contributed by atoms with E-state index >= 15 is 0 Å².